The van der Waals surface area contributed by atoms with E-state index in [4.69, 9.17) is 0 Å². The van der Waals surface area contributed by atoms with Crippen molar-refractivity contribution < 1.29 is 4.79 Å². The lowest BCUT2D eigenvalue weighted by Gasteiger charge is -2.11. The van der Waals surface area contributed by atoms with E-state index in [1.165, 1.54) is 0 Å². The fourth-order valence-electron chi connectivity index (χ4n) is 1.66. The molecule has 100 valence electrons. The Balaban J connectivity index is 2.12. The van der Waals surface area contributed by atoms with E-state index in [1.54, 1.807) is 18.5 Å². The molecule has 19 heavy (non-hydrogen) atoms. The van der Waals surface area contributed by atoms with Crippen molar-refractivity contribution in [2.24, 2.45) is 0 Å². The van der Waals surface area contributed by atoms with Gasteiger partial charge in [-0.3, -0.25) is 9.89 Å². The van der Waals surface area contributed by atoms with Crippen LogP contribution in [0, 0.1) is 0 Å². The maximum absolute atomic E-state index is 12.0. The molecule has 1 amide bonds. The zero-order chi connectivity index (χ0) is 13.8. The molecule has 0 aliphatic rings. The quantitative estimate of drug-likeness (QED) is 0.876. The van der Waals surface area contributed by atoms with E-state index in [1.807, 2.05) is 32.0 Å². The summed E-state index contributed by atoms with van der Waals surface area (Å²) in [5, 5.41) is 9.49. The molecule has 0 aromatic carbocycles. The number of hydrogen-bond acceptors (Lipinski definition) is 4. The van der Waals surface area contributed by atoms with Gasteiger partial charge in [0.2, 0.25) is 0 Å². The van der Waals surface area contributed by atoms with Gasteiger partial charge in [0.15, 0.2) is 0 Å². The minimum atomic E-state index is -0.197. The van der Waals surface area contributed by atoms with Crippen molar-refractivity contribution in [2.75, 3.05) is 24.3 Å². The summed E-state index contributed by atoms with van der Waals surface area (Å²) in [5.74, 6) is 1.26. The van der Waals surface area contributed by atoms with E-state index >= 15 is 0 Å². The minimum absolute atomic E-state index is 0.197. The number of aryl methyl sites for hydroxylation is 1. The predicted octanol–water partition coefficient (Wildman–Crippen LogP) is 1.69. The van der Waals surface area contributed by atoms with Crippen molar-refractivity contribution in [3.63, 3.8) is 0 Å². The highest BCUT2D eigenvalue weighted by Gasteiger charge is 2.10. The number of amides is 1. The van der Waals surface area contributed by atoms with E-state index < -0.39 is 0 Å². The maximum Gasteiger partial charge on any atom is 0.258 e. The van der Waals surface area contributed by atoms with Crippen molar-refractivity contribution in [2.45, 2.75) is 13.3 Å². The van der Waals surface area contributed by atoms with Crippen molar-refractivity contribution >= 4 is 17.5 Å². The summed E-state index contributed by atoms with van der Waals surface area (Å²) in [6.07, 6.45) is 4.08. The highest BCUT2D eigenvalue weighted by atomic mass is 16.1. The monoisotopic (exact) mass is 259 g/mol. The normalized spacial score (nSPS) is 10.3. The molecule has 2 heterocycles. The van der Waals surface area contributed by atoms with Crippen LogP contribution in [0.3, 0.4) is 0 Å². The van der Waals surface area contributed by atoms with E-state index in [9.17, 15) is 4.79 Å². The molecule has 2 aromatic heterocycles. The van der Waals surface area contributed by atoms with Crippen LogP contribution in [0.2, 0.25) is 0 Å². The van der Waals surface area contributed by atoms with Crippen LogP contribution in [-0.2, 0) is 6.42 Å². The van der Waals surface area contributed by atoms with Gasteiger partial charge < -0.3 is 10.2 Å². The van der Waals surface area contributed by atoms with Gasteiger partial charge >= 0.3 is 0 Å². The van der Waals surface area contributed by atoms with Gasteiger partial charge in [0.1, 0.15) is 11.6 Å². The lowest BCUT2D eigenvalue weighted by molar-refractivity contribution is 0.102. The third-order valence-corrected chi connectivity index (χ3v) is 2.81. The van der Waals surface area contributed by atoms with Crippen LogP contribution in [0.25, 0.3) is 0 Å². The highest BCUT2D eigenvalue weighted by Crippen LogP contribution is 2.14. The smallest absolute Gasteiger partial charge is 0.258 e. The number of carbonyl (C=O) groups excluding carboxylic acids is 1. The first-order chi connectivity index (χ1) is 9.11. The fourth-order valence-corrected chi connectivity index (χ4v) is 1.66. The van der Waals surface area contributed by atoms with Gasteiger partial charge in [-0.1, -0.05) is 6.92 Å². The van der Waals surface area contributed by atoms with Crippen molar-refractivity contribution in [1.29, 1.82) is 0 Å². The number of hydrogen-bond donors (Lipinski definition) is 2. The number of H-pyrrole nitrogens is 1. The molecule has 0 saturated carbocycles. The third kappa shape index (κ3) is 2.90. The summed E-state index contributed by atoms with van der Waals surface area (Å²) in [7, 11) is 3.81. The Morgan fingerprint density at radius 1 is 1.37 bits per heavy atom. The predicted molar refractivity (Wildman–Crippen MR) is 74.5 cm³/mol. The Hall–Kier alpha value is -2.37. The molecular formula is C13H17N5O. The molecule has 0 aliphatic heterocycles. The number of aromatic nitrogens is 3. The standard InChI is InChI=1S/C13H17N5O/c1-4-9-8-15-17-12(9)16-13(19)10-5-6-11(14-7-10)18(2)3/h5-8H,4H2,1-3H3,(H2,15,16,17,19). The number of pyridine rings is 1. The molecular weight excluding hydrogens is 242 g/mol. The molecule has 0 unspecified atom stereocenters. The second-order valence-electron chi connectivity index (χ2n) is 4.38. The number of nitrogens with one attached hydrogen (secondary N) is 2. The molecule has 0 radical (unpaired) electrons. The fraction of sp³-hybridized carbons (Fsp3) is 0.308. The largest absolute Gasteiger partial charge is 0.363 e. The van der Waals surface area contributed by atoms with Gasteiger partial charge in [-0.2, -0.15) is 5.10 Å². The molecule has 0 aliphatic carbocycles. The second kappa shape index (κ2) is 5.51. The summed E-state index contributed by atoms with van der Waals surface area (Å²) >= 11 is 0. The number of anilines is 2. The topological polar surface area (TPSA) is 73.9 Å². The van der Waals surface area contributed by atoms with Gasteiger partial charge in [0.05, 0.1) is 11.8 Å². The zero-order valence-corrected chi connectivity index (χ0v) is 11.3. The SMILES string of the molecule is CCc1cn[nH]c1NC(=O)c1ccc(N(C)C)nc1. The van der Waals surface area contributed by atoms with Gasteiger partial charge in [-0.25, -0.2) is 4.98 Å². The number of rotatable bonds is 4. The molecule has 6 heteroatoms. The summed E-state index contributed by atoms with van der Waals surface area (Å²) < 4.78 is 0. The Bertz CT molecular complexity index is 559. The molecule has 0 saturated heterocycles. The average molecular weight is 259 g/mol. The highest BCUT2D eigenvalue weighted by molar-refractivity contribution is 6.03. The van der Waals surface area contributed by atoms with E-state index in [-0.39, 0.29) is 5.91 Å². The first kappa shape index (κ1) is 13.1. The number of aromatic amines is 1. The number of nitrogens with zero attached hydrogens (tertiary/aromatic N) is 3. The lowest BCUT2D eigenvalue weighted by atomic mass is 10.2. The summed E-state index contributed by atoms with van der Waals surface area (Å²) in [6.45, 7) is 2.01. The Morgan fingerprint density at radius 3 is 2.74 bits per heavy atom. The van der Waals surface area contributed by atoms with Crippen molar-refractivity contribution in [3.8, 4) is 0 Å². The van der Waals surface area contributed by atoms with Crippen LogP contribution in [0.5, 0.6) is 0 Å². The van der Waals surface area contributed by atoms with Crippen LogP contribution >= 0.6 is 0 Å². The number of carbonyl (C=O) groups is 1. The molecule has 0 atom stereocenters. The van der Waals surface area contributed by atoms with Gasteiger partial charge in [-0.15, -0.1) is 0 Å². The summed E-state index contributed by atoms with van der Waals surface area (Å²) in [6, 6.07) is 3.56. The molecule has 0 spiro atoms. The lowest BCUT2D eigenvalue weighted by Crippen LogP contribution is -2.15. The minimum Gasteiger partial charge on any atom is -0.363 e. The first-order valence-electron chi connectivity index (χ1n) is 6.08. The summed E-state index contributed by atoms with van der Waals surface area (Å²) in [5.41, 5.74) is 1.49. The van der Waals surface area contributed by atoms with E-state index in [0.717, 1.165) is 17.8 Å². The van der Waals surface area contributed by atoms with Crippen LogP contribution in [0.1, 0.15) is 22.8 Å². The molecule has 2 rings (SSSR count). The Kier molecular flexibility index (Phi) is 3.79. The van der Waals surface area contributed by atoms with Crippen LogP contribution < -0.4 is 10.2 Å². The van der Waals surface area contributed by atoms with Crippen LogP contribution in [0.15, 0.2) is 24.5 Å². The van der Waals surface area contributed by atoms with Crippen molar-refractivity contribution in [1.82, 2.24) is 15.2 Å². The van der Waals surface area contributed by atoms with E-state index in [0.29, 0.717) is 11.4 Å². The van der Waals surface area contributed by atoms with Crippen LogP contribution in [-0.4, -0.2) is 35.2 Å². The van der Waals surface area contributed by atoms with E-state index in [2.05, 4.69) is 20.5 Å². The molecule has 0 fully saturated rings. The molecule has 0 bridgehead atoms. The van der Waals surface area contributed by atoms with Crippen molar-refractivity contribution in [3.05, 3.63) is 35.7 Å². The first-order valence-corrected chi connectivity index (χ1v) is 6.08. The second-order valence-corrected chi connectivity index (χ2v) is 4.38. The third-order valence-electron chi connectivity index (χ3n) is 2.81. The van der Waals surface area contributed by atoms with Gasteiger partial charge in [-0.05, 0) is 18.6 Å². The molecule has 2 aromatic rings. The maximum atomic E-state index is 12.0. The molecule has 6 nitrogen and oxygen atoms in total. The zero-order valence-electron chi connectivity index (χ0n) is 11.3. The van der Waals surface area contributed by atoms with Gasteiger partial charge in [0.25, 0.3) is 5.91 Å². The Labute approximate surface area is 111 Å². The Morgan fingerprint density at radius 2 is 2.16 bits per heavy atom. The summed E-state index contributed by atoms with van der Waals surface area (Å²) in [4.78, 5) is 18.1. The average Bonchev–Trinajstić information content (AvgIpc) is 2.86. The van der Waals surface area contributed by atoms with Crippen LogP contribution in [0.4, 0.5) is 11.6 Å². The van der Waals surface area contributed by atoms with Gasteiger partial charge in [0, 0.05) is 25.9 Å². The molecule has 2 N–H and O–H groups in total.